The van der Waals surface area contributed by atoms with E-state index in [0.717, 1.165) is 11.2 Å². The first kappa shape index (κ1) is 15.5. The van der Waals surface area contributed by atoms with Crippen molar-refractivity contribution in [2.45, 2.75) is 52.6 Å². The standard InChI is InChI=1S/C23H27NO/c1-13-10-11-18-17-8-6-7-9-19(17)25-22(18)20(13)21-16(4)24-12-23(21,5)14(2)15(24)3/h6-11,14-16,21H,12H2,1-5H3. The van der Waals surface area contributed by atoms with Crippen molar-refractivity contribution in [2.75, 3.05) is 6.54 Å². The average Bonchev–Trinajstić information content (AvgIpc) is 3.17. The maximum atomic E-state index is 6.42. The number of hydrogen-bond donors (Lipinski definition) is 0. The van der Waals surface area contributed by atoms with Crippen molar-refractivity contribution < 1.29 is 4.42 Å². The maximum Gasteiger partial charge on any atom is 0.139 e. The Kier molecular flexibility index (Phi) is 3.02. The summed E-state index contributed by atoms with van der Waals surface area (Å²) in [6, 6.07) is 14.2. The second-order valence-electron chi connectivity index (χ2n) is 8.70. The molecule has 2 aliphatic rings. The molecule has 2 heteroatoms. The fourth-order valence-electron chi connectivity index (χ4n) is 6.02. The summed E-state index contributed by atoms with van der Waals surface area (Å²) in [4.78, 5) is 2.72. The van der Waals surface area contributed by atoms with E-state index in [1.54, 1.807) is 0 Å². The van der Waals surface area contributed by atoms with E-state index < -0.39 is 0 Å². The number of nitrogens with zero attached hydrogens (tertiary/aromatic N) is 1. The molecule has 6 atom stereocenters. The first-order valence-corrected chi connectivity index (χ1v) is 9.60. The van der Waals surface area contributed by atoms with E-state index in [0.29, 0.717) is 29.3 Å². The van der Waals surface area contributed by atoms with Gasteiger partial charge in [0.2, 0.25) is 0 Å². The zero-order chi connectivity index (χ0) is 17.5. The Hall–Kier alpha value is -1.80. The third kappa shape index (κ3) is 1.79. The molecule has 2 fully saturated rings. The molecule has 0 radical (unpaired) electrons. The van der Waals surface area contributed by atoms with Crippen LogP contribution in [0.15, 0.2) is 40.8 Å². The van der Waals surface area contributed by atoms with Crippen LogP contribution in [0.3, 0.4) is 0 Å². The van der Waals surface area contributed by atoms with Gasteiger partial charge in [0, 0.05) is 40.9 Å². The van der Waals surface area contributed by atoms with Gasteiger partial charge in [0.05, 0.1) is 0 Å². The quantitative estimate of drug-likeness (QED) is 0.566. The number of hydrogen-bond acceptors (Lipinski definition) is 2. The highest BCUT2D eigenvalue weighted by molar-refractivity contribution is 6.06. The molecule has 0 spiro atoms. The minimum atomic E-state index is 0.316. The van der Waals surface area contributed by atoms with Crippen LogP contribution in [-0.4, -0.2) is 23.5 Å². The molecule has 3 aromatic rings. The number of aryl methyl sites for hydroxylation is 1. The van der Waals surface area contributed by atoms with Crippen molar-refractivity contribution in [3.8, 4) is 0 Å². The van der Waals surface area contributed by atoms with Gasteiger partial charge in [0.15, 0.2) is 0 Å². The molecular weight excluding hydrogens is 306 g/mol. The molecule has 25 heavy (non-hydrogen) atoms. The van der Waals surface area contributed by atoms with Gasteiger partial charge >= 0.3 is 0 Å². The molecule has 2 saturated heterocycles. The lowest BCUT2D eigenvalue weighted by Gasteiger charge is -2.44. The highest BCUT2D eigenvalue weighted by Crippen LogP contribution is 2.60. The van der Waals surface area contributed by atoms with Gasteiger partial charge in [-0.15, -0.1) is 0 Å². The molecule has 1 aromatic heterocycles. The topological polar surface area (TPSA) is 16.4 Å². The van der Waals surface area contributed by atoms with Gasteiger partial charge in [0.1, 0.15) is 11.2 Å². The number of fused-ring (bicyclic) bond motifs is 5. The fourth-order valence-corrected chi connectivity index (χ4v) is 6.02. The fraction of sp³-hybridized carbons (Fsp3) is 0.478. The summed E-state index contributed by atoms with van der Waals surface area (Å²) in [7, 11) is 0. The molecule has 0 aliphatic carbocycles. The Labute approximate surface area is 149 Å². The molecular formula is C23H27NO. The van der Waals surface area contributed by atoms with Crippen molar-refractivity contribution >= 4 is 21.9 Å². The van der Waals surface area contributed by atoms with Crippen LogP contribution in [0.25, 0.3) is 21.9 Å². The first-order valence-electron chi connectivity index (χ1n) is 9.60. The van der Waals surface area contributed by atoms with Crippen molar-refractivity contribution in [2.24, 2.45) is 11.3 Å². The van der Waals surface area contributed by atoms with Gasteiger partial charge in [-0.3, -0.25) is 4.90 Å². The molecule has 2 aromatic carbocycles. The van der Waals surface area contributed by atoms with E-state index in [1.807, 2.05) is 0 Å². The summed E-state index contributed by atoms with van der Waals surface area (Å²) >= 11 is 0. The molecule has 2 nitrogen and oxygen atoms in total. The van der Waals surface area contributed by atoms with Gasteiger partial charge in [0.25, 0.3) is 0 Å². The van der Waals surface area contributed by atoms with Crippen molar-refractivity contribution in [1.82, 2.24) is 4.90 Å². The largest absolute Gasteiger partial charge is 0.456 e. The zero-order valence-corrected chi connectivity index (χ0v) is 15.8. The first-order chi connectivity index (χ1) is 11.9. The van der Waals surface area contributed by atoms with E-state index in [1.165, 1.54) is 28.4 Å². The third-order valence-electron chi connectivity index (χ3n) is 7.64. The normalized spacial score (nSPS) is 37.4. The number of rotatable bonds is 1. The Morgan fingerprint density at radius 1 is 1.00 bits per heavy atom. The van der Waals surface area contributed by atoms with Crippen LogP contribution in [0.4, 0.5) is 0 Å². The summed E-state index contributed by atoms with van der Waals surface area (Å²) in [6.45, 7) is 13.2. The van der Waals surface area contributed by atoms with Gasteiger partial charge in [-0.2, -0.15) is 0 Å². The van der Waals surface area contributed by atoms with Crippen LogP contribution in [0, 0.1) is 18.3 Å². The van der Waals surface area contributed by atoms with E-state index in [-0.39, 0.29) is 0 Å². The lowest BCUT2D eigenvalue weighted by atomic mass is 9.63. The van der Waals surface area contributed by atoms with Crippen LogP contribution >= 0.6 is 0 Å². The summed E-state index contributed by atoms with van der Waals surface area (Å²) in [5.74, 6) is 1.23. The molecule has 2 bridgehead atoms. The second kappa shape index (κ2) is 4.88. The molecule has 0 saturated carbocycles. The molecule has 130 valence electrons. The van der Waals surface area contributed by atoms with Crippen LogP contribution in [0.5, 0.6) is 0 Å². The summed E-state index contributed by atoms with van der Waals surface area (Å²) in [5.41, 5.74) is 5.26. The summed E-state index contributed by atoms with van der Waals surface area (Å²) < 4.78 is 6.42. The highest BCUT2D eigenvalue weighted by Gasteiger charge is 2.60. The minimum absolute atomic E-state index is 0.316. The van der Waals surface area contributed by atoms with E-state index in [4.69, 9.17) is 4.42 Å². The Balaban J connectivity index is 1.80. The zero-order valence-electron chi connectivity index (χ0n) is 15.8. The Bertz CT molecular complexity index is 986. The highest BCUT2D eigenvalue weighted by atomic mass is 16.3. The smallest absolute Gasteiger partial charge is 0.139 e. The molecule has 5 rings (SSSR count). The van der Waals surface area contributed by atoms with E-state index in [2.05, 4.69) is 75.9 Å². The molecule has 3 heterocycles. The minimum Gasteiger partial charge on any atom is -0.456 e. The van der Waals surface area contributed by atoms with Crippen molar-refractivity contribution in [3.63, 3.8) is 0 Å². The number of para-hydroxylation sites is 1. The lowest BCUT2D eigenvalue weighted by Crippen LogP contribution is -2.45. The van der Waals surface area contributed by atoms with Gasteiger partial charge in [-0.25, -0.2) is 0 Å². The van der Waals surface area contributed by atoms with Crippen molar-refractivity contribution in [3.05, 3.63) is 47.5 Å². The Morgan fingerprint density at radius 2 is 1.76 bits per heavy atom. The van der Waals surface area contributed by atoms with Crippen LogP contribution in [-0.2, 0) is 0 Å². The van der Waals surface area contributed by atoms with Gasteiger partial charge in [-0.05, 0) is 43.7 Å². The van der Waals surface area contributed by atoms with Gasteiger partial charge in [-0.1, -0.05) is 44.2 Å². The predicted molar refractivity (Wildman–Crippen MR) is 104 cm³/mol. The SMILES string of the molecule is Cc1ccc2c(oc3ccccc32)c1C1C(C)N2CC1(C)C(C)C2C. The monoisotopic (exact) mass is 333 g/mol. The van der Waals surface area contributed by atoms with Crippen LogP contribution < -0.4 is 0 Å². The number of furan rings is 1. The molecule has 2 aliphatic heterocycles. The van der Waals surface area contributed by atoms with Crippen LogP contribution in [0.2, 0.25) is 0 Å². The van der Waals surface area contributed by atoms with E-state index >= 15 is 0 Å². The predicted octanol–water partition coefficient (Wildman–Crippen LogP) is 5.73. The maximum absolute atomic E-state index is 6.42. The summed E-state index contributed by atoms with van der Waals surface area (Å²) in [5, 5.41) is 2.51. The lowest BCUT2D eigenvalue weighted by molar-refractivity contribution is 0.112. The van der Waals surface area contributed by atoms with E-state index in [9.17, 15) is 0 Å². The van der Waals surface area contributed by atoms with Crippen molar-refractivity contribution in [1.29, 1.82) is 0 Å². The summed E-state index contributed by atoms with van der Waals surface area (Å²) in [6.07, 6.45) is 0. The number of benzene rings is 2. The molecule has 0 amide bonds. The Morgan fingerprint density at radius 3 is 2.52 bits per heavy atom. The van der Waals surface area contributed by atoms with Crippen LogP contribution in [0.1, 0.15) is 44.7 Å². The average molecular weight is 333 g/mol. The second-order valence-corrected chi connectivity index (χ2v) is 8.70. The molecule has 0 N–H and O–H groups in total. The third-order valence-corrected chi connectivity index (χ3v) is 7.64. The van der Waals surface area contributed by atoms with Gasteiger partial charge < -0.3 is 4.42 Å². The number of piperidine rings is 1. The molecule has 6 unspecified atom stereocenters.